The molecule has 3 aromatic carbocycles. The fourth-order valence-electron chi connectivity index (χ4n) is 4.62. The van der Waals surface area contributed by atoms with E-state index in [-0.39, 0.29) is 36.0 Å². The second-order valence-corrected chi connectivity index (χ2v) is 10.3. The van der Waals surface area contributed by atoms with Gasteiger partial charge in [0.2, 0.25) is 11.8 Å². The van der Waals surface area contributed by atoms with Crippen molar-refractivity contribution in [3.63, 3.8) is 0 Å². The number of nitrogens with zero attached hydrogens (tertiary/aromatic N) is 1. The van der Waals surface area contributed by atoms with Gasteiger partial charge in [-0.2, -0.15) is 0 Å². The summed E-state index contributed by atoms with van der Waals surface area (Å²) in [6, 6.07) is 25.5. The molecule has 4 nitrogen and oxygen atoms in total. The Morgan fingerprint density at radius 3 is 2.11 bits per heavy atom. The van der Waals surface area contributed by atoms with Crippen molar-refractivity contribution in [3.8, 4) is 0 Å². The molecule has 0 bridgehead atoms. The first-order valence-corrected chi connectivity index (χ1v) is 13.7. The van der Waals surface area contributed by atoms with E-state index in [0.29, 0.717) is 12.2 Å². The molecule has 0 aliphatic heterocycles. The molecule has 2 amide bonds. The maximum atomic E-state index is 13.6. The van der Waals surface area contributed by atoms with Crippen molar-refractivity contribution >= 4 is 23.6 Å². The van der Waals surface area contributed by atoms with Crippen molar-refractivity contribution < 1.29 is 14.0 Å². The molecular formula is C30H33FN2O2S. The predicted molar refractivity (Wildman–Crippen MR) is 144 cm³/mol. The third-order valence-corrected chi connectivity index (χ3v) is 7.56. The number of hydrogen-bond donors (Lipinski definition) is 1. The van der Waals surface area contributed by atoms with Gasteiger partial charge in [-0.25, -0.2) is 4.39 Å². The minimum absolute atomic E-state index is 0.0947. The third-order valence-electron chi connectivity index (χ3n) is 6.58. The van der Waals surface area contributed by atoms with Crippen molar-refractivity contribution in [2.24, 2.45) is 0 Å². The summed E-state index contributed by atoms with van der Waals surface area (Å²) in [5.41, 5.74) is 2.95. The zero-order valence-electron chi connectivity index (χ0n) is 20.4. The molecule has 6 heteroatoms. The first-order valence-electron chi connectivity index (χ1n) is 12.6. The summed E-state index contributed by atoms with van der Waals surface area (Å²) in [6.45, 7) is 0.251. The van der Waals surface area contributed by atoms with E-state index < -0.39 is 6.04 Å². The number of carbonyl (C=O) groups excluding carboxylic acids is 2. The van der Waals surface area contributed by atoms with Gasteiger partial charge in [-0.05, 0) is 41.7 Å². The molecule has 1 unspecified atom stereocenters. The van der Waals surface area contributed by atoms with Crippen LogP contribution in [0.3, 0.4) is 0 Å². The van der Waals surface area contributed by atoms with E-state index in [1.165, 1.54) is 12.1 Å². The van der Waals surface area contributed by atoms with Crippen LogP contribution < -0.4 is 5.32 Å². The van der Waals surface area contributed by atoms with Crippen molar-refractivity contribution in [1.29, 1.82) is 0 Å². The van der Waals surface area contributed by atoms with Crippen LogP contribution in [0.15, 0.2) is 84.9 Å². The molecule has 1 saturated carbocycles. The maximum absolute atomic E-state index is 13.6. The highest BCUT2D eigenvalue weighted by molar-refractivity contribution is 7.99. The lowest BCUT2D eigenvalue weighted by Gasteiger charge is -2.32. The summed E-state index contributed by atoms with van der Waals surface area (Å²) in [6.07, 6.45) is 4.60. The lowest BCUT2D eigenvalue weighted by molar-refractivity contribution is -0.139. The SMILES string of the molecule is O=C(NC1CCCC1)C(Cc1ccccc1)N(Cc1ccc(F)cc1)C(=O)CSCc1ccccc1. The average Bonchev–Trinajstić information content (AvgIpc) is 3.41. The van der Waals surface area contributed by atoms with Gasteiger partial charge in [-0.3, -0.25) is 9.59 Å². The summed E-state index contributed by atoms with van der Waals surface area (Å²) in [5.74, 6) is 0.444. The Morgan fingerprint density at radius 2 is 1.47 bits per heavy atom. The lowest BCUT2D eigenvalue weighted by atomic mass is 10.0. The van der Waals surface area contributed by atoms with Gasteiger partial charge in [-0.1, -0.05) is 85.6 Å². The predicted octanol–water partition coefficient (Wildman–Crippen LogP) is 5.76. The fourth-order valence-corrected chi connectivity index (χ4v) is 5.49. The van der Waals surface area contributed by atoms with Crippen LogP contribution in [-0.4, -0.2) is 34.6 Å². The highest BCUT2D eigenvalue weighted by atomic mass is 32.2. The largest absolute Gasteiger partial charge is 0.352 e. The van der Waals surface area contributed by atoms with E-state index in [4.69, 9.17) is 0 Å². The van der Waals surface area contributed by atoms with Crippen molar-refractivity contribution in [2.75, 3.05) is 5.75 Å². The van der Waals surface area contributed by atoms with Crippen LogP contribution >= 0.6 is 11.8 Å². The molecule has 36 heavy (non-hydrogen) atoms. The quantitative estimate of drug-likeness (QED) is 0.361. The first-order chi connectivity index (χ1) is 17.6. The summed E-state index contributed by atoms with van der Waals surface area (Å²) < 4.78 is 13.6. The molecular weight excluding hydrogens is 471 g/mol. The number of benzene rings is 3. The van der Waals surface area contributed by atoms with Crippen LogP contribution in [0.2, 0.25) is 0 Å². The highest BCUT2D eigenvalue weighted by Crippen LogP contribution is 2.21. The summed E-state index contributed by atoms with van der Waals surface area (Å²) in [7, 11) is 0. The topological polar surface area (TPSA) is 49.4 Å². The Kier molecular flexibility index (Phi) is 9.56. The lowest BCUT2D eigenvalue weighted by Crippen LogP contribution is -2.52. The van der Waals surface area contributed by atoms with Crippen molar-refractivity contribution in [1.82, 2.24) is 10.2 Å². The third kappa shape index (κ3) is 7.69. The molecule has 0 radical (unpaired) electrons. The van der Waals surface area contributed by atoms with Crippen molar-refractivity contribution in [3.05, 3.63) is 107 Å². The highest BCUT2D eigenvalue weighted by Gasteiger charge is 2.32. The molecule has 1 aliphatic carbocycles. The van der Waals surface area contributed by atoms with Gasteiger partial charge in [0, 0.05) is 24.8 Å². The van der Waals surface area contributed by atoms with Crippen LogP contribution in [0.25, 0.3) is 0 Å². The Labute approximate surface area is 217 Å². The smallest absolute Gasteiger partial charge is 0.243 e. The number of amides is 2. The number of nitrogens with one attached hydrogen (secondary N) is 1. The van der Waals surface area contributed by atoms with Crippen LogP contribution in [0.5, 0.6) is 0 Å². The molecule has 188 valence electrons. The summed E-state index contributed by atoms with van der Waals surface area (Å²) >= 11 is 1.54. The van der Waals surface area contributed by atoms with E-state index in [1.54, 1.807) is 28.8 Å². The van der Waals surface area contributed by atoms with Crippen LogP contribution in [0.4, 0.5) is 4.39 Å². The second kappa shape index (κ2) is 13.3. The van der Waals surface area contributed by atoms with Crippen LogP contribution in [0.1, 0.15) is 42.4 Å². The molecule has 0 saturated heterocycles. The fraction of sp³-hybridized carbons (Fsp3) is 0.333. The Balaban J connectivity index is 1.56. The number of rotatable bonds is 11. The second-order valence-electron chi connectivity index (χ2n) is 9.32. The first kappa shape index (κ1) is 26.0. The van der Waals surface area contributed by atoms with E-state index >= 15 is 0 Å². The van der Waals surface area contributed by atoms with Gasteiger partial charge in [-0.15, -0.1) is 11.8 Å². The van der Waals surface area contributed by atoms with E-state index in [2.05, 4.69) is 5.32 Å². The monoisotopic (exact) mass is 504 g/mol. The number of thioether (sulfide) groups is 1. The Hall–Kier alpha value is -3.12. The van der Waals surface area contributed by atoms with Gasteiger partial charge in [0.05, 0.1) is 5.75 Å². The average molecular weight is 505 g/mol. The Bertz CT molecular complexity index is 1100. The van der Waals surface area contributed by atoms with Crippen LogP contribution in [-0.2, 0) is 28.3 Å². The minimum atomic E-state index is -0.650. The van der Waals surface area contributed by atoms with E-state index in [1.807, 2.05) is 60.7 Å². The van der Waals surface area contributed by atoms with Gasteiger partial charge in [0.15, 0.2) is 0 Å². The summed E-state index contributed by atoms with van der Waals surface area (Å²) in [4.78, 5) is 28.9. The molecule has 4 rings (SSSR count). The van der Waals surface area contributed by atoms with Gasteiger partial charge < -0.3 is 10.2 Å². The molecule has 1 N–H and O–H groups in total. The van der Waals surface area contributed by atoms with Gasteiger partial charge in [0.1, 0.15) is 11.9 Å². The normalized spacial score (nSPS) is 14.4. The van der Waals surface area contributed by atoms with Gasteiger partial charge in [0.25, 0.3) is 0 Å². The molecule has 0 heterocycles. The van der Waals surface area contributed by atoms with Crippen LogP contribution in [0, 0.1) is 5.82 Å². The molecule has 3 aromatic rings. The number of hydrogen-bond acceptors (Lipinski definition) is 3. The van der Waals surface area contributed by atoms with Gasteiger partial charge >= 0.3 is 0 Å². The Morgan fingerprint density at radius 1 is 0.861 bits per heavy atom. The molecule has 1 fully saturated rings. The standard InChI is InChI=1S/C30H33FN2O2S/c31-26-17-15-24(16-18-26)20-33(29(34)22-36-21-25-11-5-2-6-12-25)28(19-23-9-3-1-4-10-23)30(35)32-27-13-7-8-14-27/h1-6,9-12,15-18,27-28H,7-8,13-14,19-22H2,(H,32,35). The van der Waals surface area contributed by atoms with E-state index in [0.717, 1.165) is 42.4 Å². The van der Waals surface area contributed by atoms with Crippen molar-refractivity contribution in [2.45, 2.75) is 56.5 Å². The maximum Gasteiger partial charge on any atom is 0.243 e. The number of halogens is 1. The molecule has 0 spiro atoms. The molecule has 1 aliphatic rings. The van der Waals surface area contributed by atoms with E-state index in [9.17, 15) is 14.0 Å². The zero-order chi connectivity index (χ0) is 25.2. The molecule has 1 atom stereocenters. The summed E-state index contributed by atoms with van der Waals surface area (Å²) in [5, 5.41) is 3.21. The zero-order valence-corrected chi connectivity index (χ0v) is 21.3. The number of carbonyl (C=O) groups is 2. The minimum Gasteiger partial charge on any atom is -0.352 e. The molecule has 0 aromatic heterocycles.